The van der Waals surface area contributed by atoms with Crippen LogP contribution in [0.3, 0.4) is 0 Å². The molecule has 3 aromatic rings. The van der Waals surface area contributed by atoms with Crippen molar-refractivity contribution in [3.05, 3.63) is 50.6 Å². The lowest BCUT2D eigenvalue weighted by Crippen LogP contribution is -2.26. The van der Waals surface area contributed by atoms with Gasteiger partial charge >= 0.3 is 0 Å². The highest BCUT2D eigenvalue weighted by Gasteiger charge is 2.25. The lowest BCUT2D eigenvalue weighted by molar-refractivity contribution is -0.113. The molecule has 0 bridgehead atoms. The van der Waals surface area contributed by atoms with Crippen LogP contribution in [0.5, 0.6) is 0 Å². The summed E-state index contributed by atoms with van der Waals surface area (Å²) in [6.07, 6.45) is 2.92. The molecule has 0 saturated heterocycles. The largest absolute Gasteiger partial charge is 0.316 e. The van der Waals surface area contributed by atoms with E-state index in [9.17, 15) is 14.9 Å². The van der Waals surface area contributed by atoms with E-state index in [-0.39, 0.29) is 23.1 Å². The lowest BCUT2D eigenvalue weighted by atomic mass is 9.89. The zero-order chi connectivity index (χ0) is 22.8. The lowest BCUT2D eigenvalue weighted by Gasteiger charge is -2.17. The van der Waals surface area contributed by atoms with Gasteiger partial charge < -0.3 is 5.32 Å². The highest BCUT2D eigenvalue weighted by molar-refractivity contribution is 7.99. The number of fused-ring (bicyclic) bond motifs is 2. The van der Waals surface area contributed by atoms with Gasteiger partial charge in [-0.25, -0.2) is 4.98 Å². The number of carbonyl (C=O) groups excluding carboxylic acids is 1. The number of nitrogens with zero attached hydrogens (tertiary/aromatic N) is 3. The average molecular weight is 467 g/mol. The molecule has 0 radical (unpaired) electrons. The van der Waals surface area contributed by atoms with Gasteiger partial charge in [0.25, 0.3) is 5.56 Å². The minimum absolute atomic E-state index is 0.0842. The van der Waals surface area contributed by atoms with Crippen LogP contribution in [-0.2, 0) is 24.2 Å². The molecule has 0 fully saturated rings. The third-order valence-electron chi connectivity index (χ3n) is 5.58. The topological polar surface area (TPSA) is 87.8 Å². The van der Waals surface area contributed by atoms with Gasteiger partial charge in [-0.2, -0.15) is 5.26 Å². The number of rotatable bonds is 6. The number of aromatic nitrogens is 2. The summed E-state index contributed by atoms with van der Waals surface area (Å²) in [7, 11) is 0. The molecule has 1 aromatic carbocycles. The minimum Gasteiger partial charge on any atom is -0.316 e. The van der Waals surface area contributed by atoms with Gasteiger partial charge in [0, 0.05) is 11.4 Å². The normalized spacial score (nSPS) is 15.5. The first-order valence-electron chi connectivity index (χ1n) is 10.8. The Kier molecular flexibility index (Phi) is 6.68. The first-order chi connectivity index (χ1) is 15.4. The summed E-state index contributed by atoms with van der Waals surface area (Å²) < 4.78 is 1.66. The fraction of sp³-hybridized carbons (Fsp3) is 0.417. The number of para-hydroxylation sites is 1. The minimum atomic E-state index is -0.198. The second kappa shape index (κ2) is 9.47. The first kappa shape index (κ1) is 22.6. The maximum absolute atomic E-state index is 13.0. The molecule has 8 heteroatoms. The third kappa shape index (κ3) is 4.59. The van der Waals surface area contributed by atoms with Crippen LogP contribution in [-0.4, -0.2) is 21.2 Å². The van der Waals surface area contributed by atoms with E-state index in [1.807, 2.05) is 32.0 Å². The van der Waals surface area contributed by atoms with Crippen molar-refractivity contribution in [1.29, 1.82) is 5.26 Å². The molecule has 2 heterocycles. The number of thiophene rings is 1. The summed E-state index contributed by atoms with van der Waals surface area (Å²) in [5.74, 6) is 0.786. The molecule has 4 rings (SSSR count). The van der Waals surface area contributed by atoms with Gasteiger partial charge in [-0.05, 0) is 48.8 Å². The first-order valence-corrected chi connectivity index (χ1v) is 12.6. The molecule has 1 aliphatic rings. The van der Waals surface area contributed by atoms with E-state index in [2.05, 4.69) is 23.3 Å². The molecule has 32 heavy (non-hydrogen) atoms. The second-order valence-electron chi connectivity index (χ2n) is 8.73. The Bertz CT molecular complexity index is 1270. The molecule has 1 amide bonds. The summed E-state index contributed by atoms with van der Waals surface area (Å²) in [6.45, 7) is 6.85. The molecular formula is C24H26N4O2S2. The van der Waals surface area contributed by atoms with Gasteiger partial charge in [0.1, 0.15) is 11.1 Å². The Morgan fingerprint density at radius 1 is 1.41 bits per heavy atom. The van der Waals surface area contributed by atoms with Crippen LogP contribution in [0.2, 0.25) is 0 Å². The van der Waals surface area contributed by atoms with Gasteiger partial charge in [-0.15, -0.1) is 11.3 Å². The molecule has 6 nitrogen and oxygen atoms in total. The van der Waals surface area contributed by atoms with Crippen molar-refractivity contribution in [1.82, 2.24) is 9.55 Å². The van der Waals surface area contributed by atoms with E-state index in [0.29, 0.717) is 39.1 Å². The fourth-order valence-corrected chi connectivity index (χ4v) is 6.22. The fourth-order valence-electron chi connectivity index (χ4n) is 4.03. The number of anilines is 1. The van der Waals surface area contributed by atoms with Gasteiger partial charge in [0.2, 0.25) is 5.91 Å². The van der Waals surface area contributed by atoms with E-state index >= 15 is 0 Å². The van der Waals surface area contributed by atoms with Crippen LogP contribution in [0, 0.1) is 23.2 Å². The summed E-state index contributed by atoms with van der Waals surface area (Å²) in [4.78, 5) is 31.7. The van der Waals surface area contributed by atoms with Crippen molar-refractivity contribution in [3.63, 3.8) is 0 Å². The van der Waals surface area contributed by atoms with Crippen LogP contribution in [0.25, 0.3) is 10.9 Å². The molecule has 166 valence electrons. The van der Waals surface area contributed by atoms with E-state index in [1.165, 1.54) is 28.0 Å². The Morgan fingerprint density at radius 2 is 2.19 bits per heavy atom. The van der Waals surface area contributed by atoms with Crippen LogP contribution in [0.15, 0.2) is 34.2 Å². The van der Waals surface area contributed by atoms with Crippen molar-refractivity contribution >= 4 is 44.9 Å². The van der Waals surface area contributed by atoms with Crippen molar-refractivity contribution < 1.29 is 4.79 Å². The summed E-state index contributed by atoms with van der Waals surface area (Å²) in [6, 6.07) is 9.57. The summed E-state index contributed by atoms with van der Waals surface area (Å²) in [5, 5.41) is 14.4. The zero-order valence-corrected chi connectivity index (χ0v) is 20.1. The van der Waals surface area contributed by atoms with Crippen LogP contribution in [0.1, 0.15) is 43.2 Å². The molecule has 2 aromatic heterocycles. The molecule has 0 spiro atoms. The SMILES string of the molecule is CC(C)Cn1c(SCC(=O)Nc2sc3c(c2C#N)CCC(C)C3)nc2ccccc2c1=O. The Hall–Kier alpha value is -2.63. The second-order valence-corrected chi connectivity index (χ2v) is 10.8. The Labute approximate surface area is 195 Å². The predicted molar refractivity (Wildman–Crippen MR) is 130 cm³/mol. The molecule has 1 atom stereocenters. The number of benzene rings is 1. The summed E-state index contributed by atoms with van der Waals surface area (Å²) in [5.41, 5.74) is 2.25. The molecule has 0 aliphatic heterocycles. The number of nitrogens with one attached hydrogen (secondary N) is 1. The molecule has 0 saturated carbocycles. The highest BCUT2D eigenvalue weighted by atomic mass is 32.2. The molecule has 1 aliphatic carbocycles. The molecule has 1 unspecified atom stereocenters. The van der Waals surface area contributed by atoms with Crippen molar-refractivity contribution in [2.24, 2.45) is 11.8 Å². The van der Waals surface area contributed by atoms with Crippen LogP contribution >= 0.6 is 23.1 Å². The molecular weight excluding hydrogens is 440 g/mol. The smallest absolute Gasteiger partial charge is 0.262 e. The zero-order valence-electron chi connectivity index (χ0n) is 18.5. The van der Waals surface area contributed by atoms with Gasteiger partial charge in [0.15, 0.2) is 5.16 Å². The van der Waals surface area contributed by atoms with Crippen LogP contribution in [0.4, 0.5) is 5.00 Å². The van der Waals surface area contributed by atoms with E-state index < -0.39 is 0 Å². The highest BCUT2D eigenvalue weighted by Crippen LogP contribution is 2.39. The number of carbonyl (C=O) groups is 1. The molecule has 1 N–H and O–H groups in total. The number of thioether (sulfide) groups is 1. The van der Waals surface area contributed by atoms with Crippen molar-refractivity contribution in [2.45, 2.75) is 51.7 Å². The monoisotopic (exact) mass is 466 g/mol. The third-order valence-corrected chi connectivity index (χ3v) is 7.73. The predicted octanol–water partition coefficient (Wildman–Crippen LogP) is 4.84. The van der Waals surface area contributed by atoms with Gasteiger partial charge in [-0.3, -0.25) is 14.2 Å². The van der Waals surface area contributed by atoms with Gasteiger partial charge in [-0.1, -0.05) is 44.7 Å². The van der Waals surface area contributed by atoms with E-state index in [1.54, 1.807) is 10.6 Å². The van der Waals surface area contributed by atoms with Crippen molar-refractivity contribution in [3.8, 4) is 6.07 Å². The number of hydrogen-bond donors (Lipinski definition) is 1. The number of hydrogen-bond acceptors (Lipinski definition) is 6. The van der Waals surface area contributed by atoms with Crippen LogP contribution < -0.4 is 10.9 Å². The maximum atomic E-state index is 13.0. The van der Waals surface area contributed by atoms with Crippen molar-refractivity contribution in [2.75, 3.05) is 11.1 Å². The maximum Gasteiger partial charge on any atom is 0.262 e. The number of amides is 1. The Morgan fingerprint density at radius 3 is 2.94 bits per heavy atom. The number of nitriles is 1. The Balaban J connectivity index is 1.55. The quantitative estimate of drug-likeness (QED) is 0.415. The van der Waals surface area contributed by atoms with E-state index in [4.69, 9.17) is 0 Å². The average Bonchev–Trinajstić information content (AvgIpc) is 3.10. The summed E-state index contributed by atoms with van der Waals surface area (Å²) >= 11 is 2.78. The van der Waals surface area contributed by atoms with Gasteiger partial charge in [0.05, 0.1) is 22.2 Å². The standard InChI is InChI=1S/C24H26N4O2S2/c1-14(2)12-28-23(30)17-6-4-5-7-19(17)26-24(28)31-13-21(29)27-22-18(11-25)16-9-8-15(3)10-20(16)32-22/h4-7,14-15H,8-10,12-13H2,1-3H3,(H,27,29). The van der Waals surface area contributed by atoms with E-state index in [0.717, 1.165) is 24.8 Å².